The molecule has 0 heterocycles. The van der Waals surface area contributed by atoms with E-state index in [1.807, 2.05) is 0 Å². The minimum Gasteiger partial charge on any atom is -0.383 e. The number of benzene rings is 1. The number of halogens is 3. The van der Waals surface area contributed by atoms with Crippen LogP contribution in [0, 0.1) is 11.6 Å². The fraction of sp³-hybridized carbons (Fsp3) is 0.333. The predicted molar refractivity (Wildman–Crippen MR) is 52.9 cm³/mol. The van der Waals surface area contributed by atoms with Gasteiger partial charge in [0, 0.05) is 17.1 Å². The Morgan fingerprint density at radius 2 is 1.93 bits per heavy atom. The van der Waals surface area contributed by atoms with E-state index >= 15 is 0 Å². The number of ether oxygens (including phenoxy) is 1. The van der Waals surface area contributed by atoms with Crippen molar-refractivity contribution in [3.8, 4) is 0 Å². The van der Waals surface area contributed by atoms with Crippen molar-refractivity contribution in [2.75, 3.05) is 13.7 Å². The first kappa shape index (κ1) is 11.6. The molecule has 1 aromatic rings. The molecule has 0 aliphatic rings. The van der Waals surface area contributed by atoms with Gasteiger partial charge in [0.2, 0.25) is 0 Å². The van der Waals surface area contributed by atoms with E-state index in [0.29, 0.717) is 4.47 Å². The number of methoxy groups -OCH3 is 1. The third-order valence-corrected chi connectivity index (χ3v) is 2.22. The zero-order chi connectivity index (χ0) is 10.7. The number of hydrogen-bond donors (Lipinski definition) is 1. The summed E-state index contributed by atoms with van der Waals surface area (Å²) in [7, 11) is 1.43. The third kappa shape index (κ3) is 2.50. The van der Waals surface area contributed by atoms with Crippen molar-refractivity contribution in [2.24, 2.45) is 5.73 Å². The van der Waals surface area contributed by atoms with Gasteiger partial charge in [-0.15, -0.1) is 0 Å². The predicted octanol–water partition coefficient (Wildman–Crippen LogP) is 2.37. The largest absolute Gasteiger partial charge is 0.383 e. The van der Waals surface area contributed by atoms with Crippen LogP contribution in [0.1, 0.15) is 11.6 Å². The number of nitrogens with two attached hydrogens (primary N) is 1. The fourth-order valence-corrected chi connectivity index (χ4v) is 1.57. The molecule has 0 saturated heterocycles. The van der Waals surface area contributed by atoms with E-state index in [2.05, 4.69) is 15.9 Å². The molecule has 2 nitrogen and oxygen atoms in total. The Bertz CT molecular complexity index is 310. The number of hydrogen-bond acceptors (Lipinski definition) is 2. The Morgan fingerprint density at radius 1 is 1.43 bits per heavy atom. The summed E-state index contributed by atoms with van der Waals surface area (Å²) in [6.45, 7) is 0.0788. The molecule has 0 spiro atoms. The van der Waals surface area contributed by atoms with Crippen molar-refractivity contribution >= 4 is 15.9 Å². The lowest BCUT2D eigenvalue weighted by molar-refractivity contribution is 0.178. The van der Waals surface area contributed by atoms with Gasteiger partial charge < -0.3 is 10.5 Å². The van der Waals surface area contributed by atoms with Crippen molar-refractivity contribution in [3.05, 3.63) is 33.8 Å². The van der Waals surface area contributed by atoms with Crippen LogP contribution in [0.4, 0.5) is 8.78 Å². The van der Waals surface area contributed by atoms with Crippen molar-refractivity contribution in [1.82, 2.24) is 0 Å². The van der Waals surface area contributed by atoms with Crippen molar-refractivity contribution < 1.29 is 13.5 Å². The molecule has 1 atom stereocenters. The van der Waals surface area contributed by atoms with E-state index in [1.54, 1.807) is 0 Å². The fourth-order valence-electron chi connectivity index (χ4n) is 1.17. The minimum atomic E-state index is -0.784. The van der Waals surface area contributed by atoms with Gasteiger partial charge in [0.1, 0.15) is 11.6 Å². The average Bonchev–Trinajstić information content (AvgIpc) is 2.01. The summed E-state index contributed by atoms with van der Waals surface area (Å²) in [5.41, 5.74) is 5.39. The van der Waals surface area contributed by atoms with Crippen molar-refractivity contribution in [2.45, 2.75) is 6.04 Å². The molecule has 5 heteroatoms. The van der Waals surface area contributed by atoms with Crippen molar-refractivity contribution in [1.29, 1.82) is 0 Å². The molecule has 0 aliphatic heterocycles. The van der Waals surface area contributed by atoms with E-state index in [0.717, 1.165) is 0 Å². The second kappa shape index (κ2) is 4.82. The molecule has 2 N–H and O–H groups in total. The molecule has 0 aromatic heterocycles. The molecule has 0 radical (unpaired) electrons. The maximum atomic E-state index is 13.3. The van der Waals surface area contributed by atoms with Crippen LogP contribution in [-0.4, -0.2) is 13.7 Å². The molecule has 0 fully saturated rings. The molecule has 1 aromatic carbocycles. The Hall–Kier alpha value is -0.520. The zero-order valence-electron chi connectivity index (χ0n) is 7.56. The lowest BCUT2D eigenvalue weighted by Gasteiger charge is -2.12. The molecule has 0 bridgehead atoms. The third-order valence-electron chi connectivity index (χ3n) is 1.76. The summed E-state index contributed by atoms with van der Waals surface area (Å²) >= 11 is 2.98. The number of rotatable bonds is 3. The molecule has 0 aliphatic carbocycles. The lowest BCUT2D eigenvalue weighted by atomic mass is 10.1. The van der Waals surface area contributed by atoms with E-state index in [-0.39, 0.29) is 12.2 Å². The van der Waals surface area contributed by atoms with Gasteiger partial charge in [0.05, 0.1) is 12.6 Å². The van der Waals surface area contributed by atoms with E-state index in [9.17, 15) is 8.78 Å². The van der Waals surface area contributed by atoms with Gasteiger partial charge in [-0.2, -0.15) is 0 Å². The minimum absolute atomic E-state index is 0.0788. The summed E-state index contributed by atoms with van der Waals surface area (Å²) in [6, 6.07) is 1.56. The molecule has 14 heavy (non-hydrogen) atoms. The smallest absolute Gasteiger partial charge is 0.132 e. The Labute approximate surface area is 89.2 Å². The zero-order valence-corrected chi connectivity index (χ0v) is 9.14. The Morgan fingerprint density at radius 3 is 2.36 bits per heavy atom. The summed E-state index contributed by atoms with van der Waals surface area (Å²) < 4.78 is 31.6. The first-order valence-electron chi connectivity index (χ1n) is 3.95. The maximum absolute atomic E-state index is 13.3. The molecule has 0 saturated carbocycles. The lowest BCUT2D eigenvalue weighted by Crippen LogP contribution is -2.19. The van der Waals surface area contributed by atoms with Gasteiger partial charge in [0.15, 0.2) is 0 Å². The van der Waals surface area contributed by atoms with Gasteiger partial charge in [0.25, 0.3) is 0 Å². The Balaban J connectivity index is 3.07. The van der Waals surface area contributed by atoms with E-state index < -0.39 is 17.7 Å². The average molecular weight is 266 g/mol. The van der Waals surface area contributed by atoms with Crippen LogP contribution in [-0.2, 0) is 4.74 Å². The van der Waals surface area contributed by atoms with Crippen LogP contribution in [0.15, 0.2) is 16.6 Å². The normalized spacial score (nSPS) is 12.9. The van der Waals surface area contributed by atoms with Crippen molar-refractivity contribution in [3.63, 3.8) is 0 Å². The van der Waals surface area contributed by atoms with Gasteiger partial charge in [-0.25, -0.2) is 8.78 Å². The SMILES string of the molecule is COC[C@H](N)c1c(F)cc(Br)cc1F. The Kier molecular flexibility index (Phi) is 3.97. The molecule has 0 unspecified atom stereocenters. The molecular formula is C9H10BrF2NO. The first-order chi connectivity index (χ1) is 6.56. The highest BCUT2D eigenvalue weighted by molar-refractivity contribution is 9.10. The summed E-state index contributed by atoms with van der Waals surface area (Å²) in [6.07, 6.45) is 0. The quantitative estimate of drug-likeness (QED) is 0.911. The highest BCUT2D eigenvalue weighted by atomic mass is 79.9. The second-order valence-electron chi connectivity index (χ2n) is 2.84. The van der Waals surface area contributed by atoms with Crippen LogP contribution in [0.5, 0.6) is 0 Å². The van der Waals surface area contributed by atoms with E-state index in [4.69, 9.17) is 10.5 Å². The second-order valence-corrected chi connectivity index (χ2v) is 3.76. The highest BCUT2D eigenvalue weighted by Crippen LogP contribution is 2.23. The molecule has 0 amide bonds. The molecular weight excluding hydrogens is 256 g/mol. The maximum Gasteiger partial charge on any atom is 0.132 e. The van der Waals surface area contributed by atoms with Crippen LogP contribution in [0.25, 0.3) is 0 Å². The van der Waals surface area contributed by atoms with Crippen LogP contribution < -0.4 is 5.73 Å². The first-order valence-corrected chi connectivity index (χ1v) is 4.74. The van der Waals surface area contributed by atoms with Gasteiger partial charge >= 0.3 is 0 Å². The monoisotopic (exact) mass is 265 g/mol. The van der Waals surface area contributed by atoms with Crippen LogP contribution >= 0.6 is 15.9 Å². The molecule has 78 valence electrons. The summed E-state index contributed by atoms with van der Waals surface area (Å²) in [5, 5.41) is 0. The topological polar surface area (TPSA) is 35.2 Å². The van der Waals surface area contributed by atoms with Gasteiger partial charge in [-0.1, -0.05) is 15.9 Å². The summed E-state index contributed by atoms with van der Waals surface area (Å²) in [4.78, 5) is 0. The summed E-state index contributed by atoms with van der Waals surface area (Å²) in [5.74, 6) is -1.33. The van der Waals surface area contributed by atoms with Crippen LogP contribution in [0.2, 0.25) is 0 Å². The molecule has 1 rings (SSSR count). The van der Waals surface area contributed by atoms with E-state index in [1.165, 1.54) is 19.2 Å². The standard InChI is InChI=1S/C9H10BrF2NO/c1-14-4-8(13)9-6(11)2-5(10)3-7(9)12/h2-3,8H,4,13H2,1H3/t8-/m0/s1. The van der Waals surface area contributed by atoms with Gasteiger partial charge in [-0.05, 0) is 12.1 Å². The van der Waals surface area contributed by atoms with Gasteiger partial charge in [-0.3, -0.25) is 0 Å². The van der Waals surface area contributed by atoms with Crippen LogP contribution in [0.3, 0.4) is 0 Å². The highest BCUT2D eigenvalue weighted by Gasteiger charge is 2.17.